The predicted molar refractivity (Wildman–Crippen MR) is 106 cm³/mol. The van der Waals surface area contributed by atoms with E-state index in [0.717, 1.165) is 41.1 Å². The van der Waals surface area contributed by atoms with E-state index in [1.54, 1.807) is 0 Å². The molecule has 2 aliphatic heterocycles. The van der Waals surface area contributed by atoms with Crippen LogP contribution < -0.4 is 0 Å². The van der Waals surface area contributed by atoms with Gasteiger partial charge in [0.25, 0.3) is 5.91 Å². The molecule has 7 heteroatoms. The first-order valence-corrected chi connectivity index (χ1v) is 9.88. The molecule has 0 radical (unpaired) electrons. The molecule has 1 aromatic carbocycles. The summed E-state index contributed by atoms with van der Waals surface area (Å²) in [6.07, 6.45) is 1.82. The molecule has 2 aromatic rings. The molecule has 140 valence electrons. The molecule has 1 atom stereocenters. The molecule has 0 bridgehead atoms. The Balaban J connectivity index is 1.29. The molecular weight excluding hydrogens is 408 g/mol. The number of hydrogen-bond acceptors (Lipinski definition) is 5. The van der Waals surface area contributed by atoms with Crippen molar-refractivity contribution < 1.29 is 9.63 Å². The number of carbonyl (C=O) groups excluding carboxylic acids is 1. The third-order valence-corrected chi connectivity index (χ3v) is 5.39. The number of benzene rings is 1. The summed E-state index contributed by atoms with van der Waals surface area (Å²) in [7, 11) is 0. The summed E-state index contributed by atoms with van der Waals surface area (Å²) in [5, 5.41) is 4.14. The predicted octanol–water partition coefficient (Wildman–Crippen LogP) is 2.68. The quantitative estimate of drug-likeness (QED) is 0.750. The van der Waals surface area contributed by atoms with E-state index in [1.807, 2.05) is 53.6 Å². The average Bonchev–Trinajstić information content (AvgIpc) is 3.19. The van der Waals surface area contributed by atoms with Gasteiger partial charge in [-0.25, -0.2) is 0 Å². The third kappa shape index (κ3) is 4.36. The van der Waals surface area contributed by atoms with Gasteiger partial charge < -0.3 is 9.74 Å². The van der Waals surface area contributed by atoms with Gasteiger partial charge in [0.05, 0.1) is 11.4 Å². The van der Waals surface area contributed by atoms with Crippen LogP contribution in [-0.2, 0) is 16.2 Å². The number of amides is 1. The highest BCUT2D eigenvalue weighted by molar-refractivity contribution is 9.10. The minimum atomic E-state index is -0.513. The normalized spacial score (nSPS) is 20.3. The molecule has 0 N–H and O–H groups in total. The fraction of sp³-hybridized carbons (Fsp3) is 0.350. The van der Waals surface area contributed by atoms with Crippen molar-refractivity contribution in [2.45, 2.75) is 19.1 Å². The molecule has 1 aromatic heterocycles. The lowest BCUT2D eigenvalue weighted by Gasteiger charge is -2.35. The first-order valence-electron chi connectivity index (χ1n) is 9.09. The van der Waals surface area contributed by atoms with Crippen molar-refractivity contribution in [3.8, 4) is 0 Å². The van der Waals surface area contributed by atoms with Gasteiger partial charge in [-0.05, 0) is 24.3 Å². The van der Waals surface area contributed by atoms with Crippen molar-refractivity contribution in [3.05, 3.63) is 64.4 Å². The highest BCUT2D eigenvalue weighted by Crippen LogP contribution is 2.21. The molecule has 1 unspecified atom stereocenters. The van der Waals surface area contributed by atoms with Crippen LogP contribution in [0.15, 0.2) is 58.3 Å². The van der Waals surface area contributed by atoms with Crippen molar-refractivity contribution in [3.63, 3.8) is 0 Å². The van der Waals surface area contributed by atoms with Crippen LogP contribution in [0.25, 0.3) is 0 Å². The summed E-state index contributed by atoms with van der Waals surface area (Å²) < 4.78 is 0.988. The maximum Gasteiger partial charge on any atom is 0.266 e. The van der Waals surface area contributed by atoms with Crippen molar-refractivity contribution >= 4 is 27.5 Å². The van der Waals surface area contributed by atoms with Crippen molar-refractivity contribution in [2.24, 2.45) is 5.16 Å². The Hall–Kier alpha value is -2.25. The maximum absolute atomic E-state index is 12.8. The first kappa shape index (κ1) is 18.1. The second kappa shape index (κ2) is 8.19. The largest absolute Gasteiger partial charge is 0.382 e. The van der Waals surface area contributed by atoms with E-state index in [1.165, 1.54) is 0 Å². The minimum absolute atomic E-state index is 0.0289. The molecule has 6 nitrogen and oxygen atoms in total. The van der Waals surface area contributed by atoms with E-state index in [0.29, 0.717) is 19.5 Å². The summed E-state index contributed by atoms with van der Waals surface area (Å²) in [5.41, 5.74) is 2.87. The average molecular weight is 429 g/mol. The van der Waals surface area contributed by atoms with Crippen LogP contribution in [0.2, 0.25) is 0 Å². The van der Waals surface area contributed by atoms with Crippen molar-refractivity contribution in [1.29, 1.82) is 0 Å². The molecule has 0 spiro atoms. The zero-order valence-electron chi connectivity index (χ0n) is 14.9. The molecule has 4 rings (SSSR count). The molecule has 3 heterocycles. The number of oxime groups is 1. The molecular formula is C20H21BrN4O2. The van der Waals surface area contributed by atoms with Crippen LogP contribution >= 0.6 is 15.9 Å². The van der Waals surface area contributed by atoms with E-state index in [9.17, 15) is 4.79 Å². The Morgan fingerprint density at radius 3 is 2.74 bits per heavy atom. The zero-order valence-corrected chi connectivity index (χ0v) is 16.5. The van der Waals surface area contributed by atoms with E-state index in [2.05, 4.69) is 31.0 Å². The van der Waals surface area contributed by atoms with Crippen LogP contribution in [0.3, 0.4) is 0 Å². The number of aromatic nitrogens is 1. The first-order chi connectivity index (χ1) is 13.2. The SMILES string of the molecule is O=C(C1CC(c2cccc(Br)c2)=NO1)N1CCN(Cc2ccccn2)CC1. The van der Waals surface area contributed by atoms with Crippen LogP contribution in [0.1, 0.15) is 17.7 Å². The van der Waals surface area contributed by atoms with E-state index >= 15 is 0 Å². The van der Waals surface area contributed by atoms with E-state index in [4.69, 9.17) is 4.84 Å². The third-order valence-electron chi connectivity index (χ3n) is 4.90. The van der Waals surface area contributed by atoms with Gasteiger partial charge in [0, 0.05) is 55.4 Å². The van der Waals surface area contributed by atoms with Crippen LogP contribution in [0.4, 0.5) is 0 Å². The smallest absolute Gasteiger partial charge is 0.266 e. The lowest BCUT2D eigenvalue weighted by Crippen LogP contribution is -2.51. The lowest BCUT2D eigenvalue weighted by molar-refractivity contribution is -0.143. The number of carbonyl (C=O) groups is 1. The Morgan fingerprint density at radius 1 is 1.15 bits per heavy atom. The molecule has 0 aliphatic carbocycles. The van der Waals surface area contributed by atoms with Crippen LogP contribution in [0, 0.1) is 0 Å². The van der Waals surface area contributed by atoms with Gasteiger partial charge in [-0.3, -0.25) is 14.7 Å². The molecule has 27 heavy (non-hydrogen) atoms. The Bertz CT molecular complexity index is 835. The minimum Gasteiger partial charge on any atom is -0.382 e. The summed E-state index contributed by atoms with van der Waals surface area (Å²) >= 11 is 3.46. The number of hydrogen-bond donors (Lipinski definition) is 0. The zero-order chi connectivity index (χ0) is 18.6. The highest BCUT2D eigenvalue weighted by Gasteiger charge is 2.33. The van der Waals surface area contributed by atoms with E-state index < -0.39 is 6.10 Å². The molecule has 2 aliphatic rings. The number of piperazine rings is 1. The van der Waals surface area contributed by atoms with Gasteiger partial charge >= 0.3 is 0 Å². The fourth-order valence-corrected chi connectivity index (χ4v) is 3.80. The molecule has 1 fully saturated rings. The fourth-order valence-electron chi connectivity index (χ4n) is 3.40. The highest BCUT2D eigenvalue weighted by atomic mass is 79.9. The lowest BCUT2D eigenvalue weighted by atomic mass is 10.0. The monoisotopic (exact) mass is 428 g/mol. The van der Waals surface area contributed by atoms with Crippen molar-refractivity contribution in [1.82, 2.24) is 14.8 Å². The summed E-state index contributed by atoms with van der Waals surface area (Å²) in [4.78, 5) is 26.8. The number of halogens is 1. The summed E-state index contributed by atoms with van der Waals surface area (Å²) in [5.74, 6) is 0.0289. The van der Waals surface area contributed by atoms with Crippen LogP contribution in [-0.4, -0.2) is 58.7 Å². The van der Waals surface area contributed by atoms with Gasteiger partial charge in [-0.15, -0.1) is 0 Å². The van der Waals surface area contributed by atoms with Crippen LogP contribution in [0.5, 0.6) is 0 Å². The van der Waals surface area contributed by atoms with Crippen molar-refractivity contribution in [2.75, 3.05) is 26.2 Å². The Labute approximate surface area is 166 Å². The topological polar surface area (TPSA) is 58.0 Å². The Morgan fingerprint density at radius 2 is 2.00 bits per heavy atom. The number of nitrogens with zero attached hydrogens (tertiary/aromatic N) is 4. The molecule has 1 saturated heterocycles. The molecule has 0 saturated carbocycles. The maximum atomic E-state index is 12.8. The second-order valence-electron chi connectivity index (χ2n) is 6.77. The number of pyridine rings is 1. The number of rotatable bonds is 4. The van der Waals surface area contributed by atoms with Gasteiger partial charge in [0.2, 0.25) is 6.10 Å². The second-order valence-corrected chi connectivity index (χ2v) is 7.68. The van der Waals surface area contributed by atoms with Gasteiger partial charge in [-0.1, -0.05) is 39.3 Å². The summed E-state index contributed by atoms with van der Waals surface area (Å²) in [6, 6.07) is 13.9. The molecule has 1 amide bonds. The van der Waals surface area contributed by atoms with Gasteiger partial charge in [-0.2, -0.15) is 0 Å². The van der Waals surface area contributed by atoms with E-state index in [-0.39, 0.29) is 5.91 Å². The Kier molecular flexibility index (Phi) is 5.50. The standard InChI is InChI=1S/C20H21BrN4O2/c21-16-5-3-4-15(12-16)18-13-19(27-23-18)20(26)25-10-8-24(9-11-25)14-17-6-1-2-7-22-17/h1-7,12,19H,8-11,13-14H2. The van der Waals surface area contributed by atoms with Gasteiger partial charge in [0.1, 0.15) is 0 Å². The van der Waals surface area contributed by atoms with Gasteiger partial charge in [0.15, 0.2) is 0 Å². The summed E-state index contributed by atoms with van der Waals surface area (Å²) in [6.45, 7) is 3.91.